The molecule has 0 bridgehead atoms. The van der Waals surface area contributed by atoms with Crippen molar-refractivity contribution in [3.05, 3.63) is 0 Å². The van der Waals surface area contributed by atoms with E-state index in [0.29, 0.717) is 322 Å². The molecule has 0 amide bonds. The van der Waals surface area contributed by atoms with Gasteiger partial charge < -0.3 is 51.9 Å². The summed E-state index contributed by atoms with van der Waals surface area (Å²) in [6, 6.07) is 0. The fourth-order valence-corrected chi connectivity index (χ4v) is 22.2. The van der Waals surface area contributed by atoms with Crippen LogP contribution in [0, 0.1) is 0 Å². The van der Waals surface area contributed by atoms with Crippen molar-refractivity contribution in [1.82, 2.24) is 65.2 Å². The Labute approximate surface area is 814 Å². The minimum absolute atomic E-state index is 0. The molecule has 786 valence electrons. The average Bonchev–Trinajstić information content (AvgIpc) is 0.846. The van der Waals surface area contributed by atoms with Crippen LogP contribution >= 0.6 is 0 Å². The zero-order chi connectivity index (χ0) is 96.4. The third-order valence-electron chi connectivity index (χ3n) is 21.3. The van der Waals surface area contributed by atoms with Crippen molar-refractivity contribution in [1.29, 1.82) is 0 Å². The fraction of sp³-hybridized carbons (Fsp3) is 1.00. The van der Waals surface area contributed by atoms with Crippen molar-refractivity contribution in [3.63, 3.8) is 0 Å². The summed E-state index contributed by atoms with van der Waals surface area (Å²) in [5.74, 6) is -4.87. The fourth-order valence-electron chi connectivity index (χ4n) is 14.2. The van der Waals surface area contributed by atoms with Gasteiger partial charge in [-0.1, -0.05) is 0 Å². The van der Waals surface area contributed by atoms with Crippen LogP contribution in [0.2, 0.25) is 0 Å². The Kier molecular flexibility index (Phi) is 59.0. The van der Waals surface area contributed by atoms with Gasteiger partial charge in [-0.15, -0.1) is 38.6 Å². The van der Waals surface area contributed by atoms with Crippen molar-refractivity contribution in [2.45, 2.75) is 64.2 Å². The summed E-state index contributed by atoms with van der Waals surface area (Å²) in [5, 5.41) is -1.21. The zero-order valence-electron chi connectivity index (χ0n) is 76.7. The summed E-state index contributed by atoms with van der Waals surface area (Å²) in [6.45, 7) is 29.4. The van der Waals surface area contributed by atoms with Gasteiger partial charge >= 0.3 is 29.6 Å². The molecule has 0 N–H and O–H groups in total. The van der Waals surface area contributed by atoms with Gasteiger partial charge in [0.05, 0.1) is 194 Å². The van der Waals surface area contributed by atoms with E-state index in [-0.39, 0.29) is 93.1 Å². The summed E-state index contributed by atoms with van der Waals surface area (Å²) >= 11 is 0. The van der Waals surface area contributed by atoms with Crippen LogP contribution in [0.5, 0.6) is 0 Å². The summed E-state index contributed by atoms with van der Waals surface area (Å²) in [4.78, 5) is 20.2. The molecule has 10 aliphatic rings. The second-order valence-electron chi connectivity index (χ2n) is 32.0. The monoisotopic (exact) mass is 2150 g/mol. The van der Waals surface area contributed by atoms with E-state index in [4.69, 9.17) is 85.9 Å². The van der Waals surface area contributed by atoms with E-state index in [1.165, 1.54) is 0 Å². The third kappa shape index (κ3) is 59.0. The van der Waals surface area contributed by atoms with Crippen LogP contribution in [0.15, 0.2) is 0 Å². The molecule has 10 fully saturated rings. The van der Waals surface area contributed by atoms with Crippen LogP contribution < -0.4 is 29.6 Å². The molecule has 10 rings (SSSR count). The normalized spacial score (nSPS) is 21.0. The minimum Gasteiger partial charge on any atom is -0.748 e. The van der Waals surface area contributed by atoms with Gasteiger partial charge in [-0.3, -0.25) is 49.0 Å². The maximum Gasteiger partial charge on any atom is 1.00 e. The maximum absolute atomic E-state index is 12.6. The first-order chi connectivity index (χ1) is 63.1. The van der Waals surface area contributed by atoms with Crippen molar-refractivity contribution in [2.24, 2.45) is 0 Å². The Morgan fingerprint density at radius 3 is 0.351 bits per heavy atom. The van der Waals surface area contributed by atoms with E-state index in [1.807, 2.05) is 44.1 Å². The number of hydrogen-bond donors (Lipinski definition) is 0. The van der Waals surface area contributed by atoms with Crippen LogP contribution in [0.1, 0.15) is 64.2 Å². The van der Waals surface area contributed by atoms with E-state index in [0.717, 1.165) is 13.1 Å². The largest absolute Gasteiger partial charge is 1.00 e. The van der Waals surface area contributed by atoms with Gasteiger partial charge in [-0.2, -0.15) is 75.8 Å². The zero-order valence-corrected chi connectivity index (χ0v) is 86.9. The summed E-state index contributed by atoms with van der Waals surface area (Å²) in [7, 11) is -44.1. The second kappa shape index (κ2) is 64.9. The molecule has 10 saturated heterocycles. The van der Waals surface area contributed by atoms with Crippen molar-refractivity contribution in [2.75, 3.05) is 386 Å². The van der Waals surface area contributed by atoms with E-state index in [2.05, 4.69) is 4.90 Å². The molecule has 0 aromatic heterocycles. The molecule has 0 atom stereocenters. The number of morpholine rings is 10. The van der Waals surface area contributed by atoms with E-state index >= 15 is 0 Å². The van der Waals surface area contributed by atoms with Crippen LogP contribution in [-0.4, -0.2) is 540 Å². The molecule has 0 aromatic rings. The van der Waals surface area contributed by atoms with Crippen LogP contribution in [0.25, 0.3) is 0 Å². The maximum atomic E-state index is 12.6. The SMILES string of the molecule is O=S(=O)(CCCN1CCOCC1)ON(OS(=O)(=O)CCCN1CCOCC1)OS(=O)(=O)CCCN1CCOCC1.O=S(=O)(CCCN1CCOCC1)ON(OS(=O)(=O)CCCN1CCOCC1)OS(=O)(=O)CCCN1CCOCC1.O=S(=O)(CCCN1CCOCC1)ON(OS(=O)(=O)CCCN1CCOCC1)OS(=O)(=O)CCCN1CCOCC1.O=S(=O)([O-])CCCN1CCOCC1.[Na+]. The van der Waals surface area contributed by atoms with Gasteiger partial charge in [0.15, 0.2) is 0 Å². The molecule has 53 nitrogen and oxygen atoms in total. The molecule has 0 aliphatic carbocycles. The van der Waals surface area contributed by atoms with Gasteiger partial charge in [0.25, 0.3) is 91.1 Å². The average molecular weight is 2150 g/mol. The first-order valence-electron chi connectivity index (χ1n) is 44.8. The Morgan fingerprint density at radius 1 is 0.172 bits per heavy atom. The predicted octanol–water partition coefficient (Wildman–Crippen LogP) is -9.02. The quantitative estimate of drug-likeness (QED) is 0.0310. The number of ether oxygens (including phenoxy) is 10. The van der Waals surface area contributed by atoms with Gasteiger partial charge in [0.1, 0.15) is 16.2 Å². The van der Waals surface area contributed by atoms with Crippen LogP contribution in [0.4, 0.5) is 0 Å². The first kappa shape index (κ1) is 122. The molecule has 0 saturated carbocycles. The standard InChI is InChI=1S/3C21H42N4O12S3.C7H15NO4S.Na/c3*26-38(27,19-1-4-22-7-13-32-14-8-22)35-25(36-39(28,29)20-2-5-23-9-15-33-16-10-23)37-40(30,31)21-3-6-24-11-17-34-18-12-24;9-13(10,11)7-1-2-8-3-5-12-6-4-8;/h3*1-21H2;1-7H2,(H,9,10,11);/q;;;;+1/p-1. The molecule has 134 heavy (non-hydrogen) atoms. The van der Waals surface area contributed by atoms with Crippen molar-refractivity contribution in [3.8, 4) is 0 Å². The summed E-state index contributed by atoms with van der Waals surface area (Å²) < 4.78 is 352. The van der Waals surface area contributed by atoms with Gasteiger partial charge in [-0.25, -0.2) is 8.42 Å². The first-order valence-corrected chi connectivity index (χ1v) is 60.6. The van der Waals surface area contributed by atoms with Gasteiger partial charge in [0, 0.05) is 137 Å². The topological polar surface area (TPSA) is 582 Å². The molecular weight excluding hydrogens is 2010 g/mol. The third-order valence-corrected chi connectivity index (χ3v) is 32.3. The molecule has 64 heteroatoms. The van der Waals surface area contributed by atoms with E-state index < -0.39 is 169 Å². The second-order valence-corrected chi connectivity index (χ2v) is 48.6. The number of hydrogen-bond acceptors (Lipinski definition) is 53. The molecule has 0 radical (unpaired) electrons. The Balaban J connectivity index is 0.000000288. The van der Waals surface area contributed by atoms with Gasteiger partial charge in [0.2, 0.25) is 0 Å². The van der Waals surface area contributed by atoms with Gasteiger partial charge in [-0.05, 0) is 130 Å². The summed E-state index contributed by atoms with van der Waals surface area (Å²) in [6.07, 6.45) is 1.88. The Hall–Kier alpha value is -0.820. The Morgan fingerprint density at radius 2 is 0.261 bits per heavy atom. The molecule has 0 spiro atoms. The molecule has 0 aromatic carbocycles. The molecule has 0 unspecified atom stereocenters. The van der Waals surface area contributed by atoms with E-state index in [1.54, 1.807) is 0 Å². The minimum atomic E-state index is -4.46. The number of rotatable bonds is 58. The number of nitrogens with zero attached hydrogens (tertiary/aromatic N) is 13. The van der Waals surface area contributed by atoms with Crippen LogP contribution in [0.3, 0.4) is 0 Å². The smallest absolute Gasteiger partial charge is 0.748 e. The molecule has 10 heterocycles. The predicted molar refractivity (Wildman–Crippen MR) is 473 cm³/mol. The molecular formula is C70H140N13NaO40S10. The summed E-state index contributed by atoms with van der Waals surface area (Å²) in [5.41, 5.74) is 0. The molecule has 10 aliphatic heterocycles. The van der Waals surface area contributed by atoms with Crippen molar-refractivity contribution < 1.29 is 204 Å². The van der Waals surface area contributed by atoms with Crippen LogP contribution in [-0.2, 0) is 187 Å². The van der Waals surface area contributed by atoms with E-state index in [9.17, 15) is 88.7 Å². The van der Waals surface area contributed by atoms with Crippen molar-refractivity contribution >= 4 is 101 Å². The Bertz CT molecular complexity index is 3620.